The predicted molar refractivity (Wildman–Crippen MR) is 88.8 cm³/mol. The molecule has 1 fully saturated rings. The van der Waals surface area contributed by atoms with Crippen LogP contribution >= 0.6 is 0 Å². The number of carboxylic acids is 1. The summed E-state index contributed by atoms with van der Waals surface area (Å²) >= 11 is 0. The second-order valence-corrected chi connectivity index (χ2v) is 6.13. The number of carbonyl (C=O) groups is 2. The van der Waals surface area contributed by atoms with Crippen LogP contribution in [0.4, 0.5) is 0 Å². The molecule has 2 rings (SSSR count). The summed E-state index contributed by atoms with van der Waals surface area (Å²) in [6.07, 6.45) is 2.57. The van der Waals surface area contributed by atoms with Gasteiger partial charge < -0.3 is 19.9 Å². The third kappa shape index (κ3) is 7.00. The molecule has 2 N–H and O–H groups in total. The van der Waals surface area contributed by atoms with Gasteiger partial charge in [-0.05, 0) is 49.8 Å². The van der Waals surface area contributed by atoms with Crippen LogP contribution in [0.5, 0.6) is 5.75 Å². The molecule has 0 aliphatic heterocycles. The second-order valence-electron chi connectivity index (χ2n) is 6.13. The number of benzene rings is 1. The van der Waals surface area contributed by atoms with Crippen LogP contribution in [0.2, 0.25) is 0 Å². The molecular weight excluding hydrogens is 310 g/mol. The third-order valence-electron chi connectivity index (χ3n) is 3.84. The fourth-order valence-electron chi connectivity index (χ4n) is 2.09. The van der Waals surface area contributed by atoms with E-state index in [-0.39, 0.29) is 12.3 Å². The van der Waals surface area contributed by atoms with E-state index in [1.165, 1.54) is 12.8 Å². The first-order chi connectivity index (χ1) is 11.5. The zero-order valence-electron chi connectivity index (χ0n) is 14.0. The van der Waals surface area contributed by atoms with Gasteiger partial charge in [-0.2, -0.15) is 0 Å². The molecule has 1 aromatic carbocycles. The Balaban J connectivity index is 1.65. The van der Waals surface area contributed by atoms with Crippen molar-refractivity contribution in [1.29, 1.82) is 0 Å². The molecule has 0 spiro atoms. The highest BCUT2D eigenvalue weighted by Crippen LogP contribution is 2.29. The van der Waals surface area contributed by atoms with E-state index >= 15 is 0 Å². The minimum atomic E-state index is -0.819. The Morgan fingerprint density at radius 2 is 2.00 bits per heavy atom. The minimum Gasteiger partial charge on any atom is -0.494 e. The lowest BCUT2D eigenvalue weighted by Crippen LogP contribution is -2.34. The molecule has 6 nitrogen and oxygen atoms in total. The van der Waals surface area contributed by atoms with Crippen molar-refractivity contribution < 1.29 is 24.2 Å². The van der Waals surface area contributed by atoms with Crippen LogP contribution in [-0.2, 0) is 20.9 Å². The quantitative estimate of drug-likeness (QED) is 0.607. The van der Waals surface area contributed by atoms with Crippen molar-refractivity contribution in [2.24, 2.45) is 5.92 Å². The maximum absolute atomic E-state index is 11.9. The van der Waals surface area contributed by atoms with Crippen LogP contribution < -0.4 is 10.1 Å². The van der Waals surface area contributed by atoms with Gasteiger partial charge in [-0.15, -0.1) is 0 Å². The summed E-state index contributed by atoms with van der Waals surface area (Å²) in [5, 5.41) is 11.4. The fourth-order valence-corrected chi connectivity index (χ4v) is 2.09. The summed E-state index contributed by atoms with van der Waals surface area (Å²) in [6.45, 7) is 3.25. The zero-order chi connectivity index (χ0) is 17.4. The molecule has 0 saturated heterocycles. The van der Waals surface area contributed by atoms with Gasteiger partial charge in [0.15, 0.2) is 0 Å². The van der Waals surface area contributed by atoms with Crippen molar-refractivity contribution in [3.05, 3.63) is 29.8 Å². The number of carbonyl (C=O) groups excluding carboxylic acids is 1. The molecule has 1 aliphatic carbocycles. The lowest BCUT2D eigenvalue weighted by atomic mass is 10.2. The van der Waals surface area contributed by atoms with Gasteiger partial charge in [0.05, 0.1) is 13.2 Å². The molecule has 1 aromatic rings. The average molecular weight is 335 g/mol. The van der Waals surface area contributed by atoms with E-state index < -0.39 is 12.1 Å². The van der Waals surface area contributed by atoms with Crippen molar-refractivity contribution in [3.63, 3.8) is 0 Å². The molecule has 0 bridgehead atoms. The number of ether oxygens (including phenoxy) is 2. The fraction of sp³-hybridized carbons (Fsp3) is 0.556. The molecule has 0 heterocycles. The standard InChI is InChI=1S/C18H25NO5/c1-13(24-12-15-4-5-15)18(22)19-11-14-6-8-16(9-7-14)23-10-2-3-17(20)21/h6-9,13,15H,2-5,10-12H2,1H3,(H,19,22)(H,20,21). The van der Waals surface area contributed by atoms with Gasteiger partial charge in [0.25, 0.3) is 0 Å². The summed E-state index contributed by atoms with van der Waals surface area (Å²) in [5.74, 6) is 0.407. The average Bonchev–Trinajstić information content (AvgIpc) is 3.39. The van der Waals surface area contributed by atoms with E-state index in [0.29, 0.717) is 37.8 Å². The number of hydrogen-bond donors (Lipinski definition) is 2. The van der Waals surface area contributed by atoms with E-state index in [0.717, 1.165) is 5.56 Å². The van der Waals surface area contributed by atoms with E-state index in [9.17, 15) is 9.59 Å². The Morgan fingerprint density at radius 1 is 1.29 bits per heavy atom. The van der Waals surface area contributed by atoms with Gasteiger partial charge >= 0.3 is 5.97 Å². The number of hydrogen-bond acceptors (Lipinski definition) is 4. The van der Waals surface area contributed by atoms with Crippen LogP contribution in [0.3, 0.4) is 0 Å². The van der Waals surface area contributed by atoms with Crippen LogP contribution in [0.25, 0.3) is 0 Å². The molecule has 132 valence electrons. The van der Waals surface area contributed by atoms with Gasteiger partial charge in [0.1, 0.15) is 11.9 Å². The van der Waals surface area contributed by atoms with Crippen LogP contribution in [0.1, 0.15) is 38.2 Å². The van der Waals surface area contributed by atoms with Gasteiger partial charge in [-0.1, -0.05) is 12.1 Å². The normalized spacial score (nSPS) is 14.9. The second kappa shape index (κ2) is 9.27. The lowest BCUT2D eigenvalue weighted by molar-refractivity contribution is -0.137. The van der Waals surface area contributed by atoms with Gasteiger partial charge in [-0.25, -0.2) is 0 Å². The highest BCUT2D eigenvalue weighted by atomic mass is 16.5. The van der Waals surface area contributed by atoms with Crippen LogP contribution in [0, 0.1) is 5.92 Å². The summed E-state index contributed by atoms with van der Waals surface area (Å²) in [6, 6.07) is 7.38. The van der Waals surface area contributed by atoms with Crippen LogP contribution in [-0.4, -0.2) is 36.3 Å². The summed E-state index contributed by atoms with van der Waals surface area (Å²) in [5.41, 5.74) is 0.968. The molecular formula is C18H25NO5. The van der Waals surface area contributed by atoms with E-state index in [1.54, 1.807) is 6.92 Å². The highest BCUT2D eigenvalue weighted by Gasteiger charge is 2.23. The molecule has 1 amide bonds. The van der Waals surface area contributed by atoms with Crippen LogP contribution in [0.15, 0.2) is 24.3 Å². The first-order valence-corrected chi connectivity index (χ1v) is 8.37. The minimum absolute atomic E-state index is 0.102. The molecule has 1 unspecified atom stereocenters. The van der Waals surface area contributed by atoms with Gasteiger partial charge in [0.2, 0.25) is 5.91 Å². The topological polar surface area (TPSA) is 84.9 Å². The molecule has 1 aliphatic rings. The van der Waals surface area contributed by atoms with E-state index in [1.807, 2.05) is 24.3 Å². The Morgan fingerprint density at radius 3 is 2.62 bits per heavy atom. The molecule has 1 atom stereocenters. The maximum Gasteiger partial charge on any atom is 0.303 e. The van der Waals surface area contributed by atoms with Crippen molar-refractivity contribution in [2.45, 2.75) is 45.3 Å². The molecule has 0 aromatic heterocycles. The SMILES string of the molecule is CC(OCC1CC1)C(=O)NCc1ccc(OCCCC(=O)O)cc1. The number of carboxylic acid groups (broad SMARTS) is 1. The first kappa shape index (κ1) is 18.3. The summed E-state index contributed by atoms with van der Waals surface area (Å²) < 4.78 is 11.0. The molecule has 6 heteroatoms. The van der Waals surface area contributed by atoms with Gasteiger partial charge in [-0.3, -0.25) is 9.59 Å². The monoisotopic (exact) mass is 335 g/mol. The first-order valence-electron chi connectivity index (χ1n) is 8.37. The van der Waals surface area contributed by atoms with Crippen molar-refractivity contribution in [1.82, 2.24) is 5.32 Å². The van der Waals surface area contributed by atoms with E-state index in [2.05, 4.69) is 5.32 Å². The van der Waals surface area contributed by atoms with Gasteiger partial charge in [0, 0.05) is 13.0 Å². The zero-order valence-corrected chi connectivity index (χ0v) is 14.0. The number of aliphatic carboxylic acids is 1. The van der Waals surface area contributed by atoms with Crippen molar-refractivity contribution in [3.8, 4) is 5.75 Å². The predicted octanol–water partition coefficient (Wildman–Crippen LogP) is 2.36. The van der Waals surface area contributed by atoms with Crippen molar-refractivity contribution >= 4 is 11.9 Å². The Hall–Kier alpha value is -2.08. The largest absolute Gasteiger partial charge is 0.494 e. The Bertz CT molecular complexity index is 539. The third-order valence-corrected chi connectivity index (χ3v) is 3.84. The summed E-state index contributed by atoms with van der Waals surface area (Å²) in [7, 11) is 0. The number of rotatable bonds is 11. The Kier molecular flexibility index (Phi) is 7.06. The molecule has 1 saturated carbocycles. The molecule has 24 heavy (non-hydrogen) atoms. The summed E-state index contributed by atoms with van der Waals surface area (Å²) in [4.78, 5) is 22.3. The Labute approximate surface area is 142 Å². The van der Waals surface area contributed by atoms with E-state index in [4.69, 9.17) is 14.6 Å². The smallest absolute Gasteiger partial charge is 0.303 e. The van der Waals surface area contributed by atoms with Crippen molar-refractivity contribution in [2.75, 3.05) is 13.2 Å². The molecule has 0 radical (unpaired) electrons. The maximum atomic E-state index is 11.9. The highest BCUT2D eigenvalue weighted by molar-refractivity contribution is 5.80. The number of amides is 1. The lowest BCUT2D eigenvalue weighted by Gasteiger charge is -2.13. The number of nitrogens with one attached hydrogen (secondary N) is 1.